The number of aromatic amines is 1. The largest absolute Gasteiger partial charge is 0.347 e. The molecule has 2 heterocycles. The molecule has 0 aliphatic heterocycles. The summed E-state index contributed by atoms with van der Waals surface area (Å²) < 4.78 is 2.12. The number of nitrogens with zero attached hydrogens (tertiary/aromatic N) is 4. The number of nitrogens with one attached hydrogen (secondary N) is 2. The van der Waals surface area contributed by atoms with E-state index in [1.807, 2.05) is 56.4 Å². The molecule has 0 spiro atoms. The number of hydrogen-bond acceptors (Lipinski definition) is 5. The lowest BCUT2D eigenvalue weighted by Crippen LogP contribution is -2.15. The SMILES string of the molecule is Cc1c(/C=N/Nc2nnc(-c3ccccc3)c(=O)[nH]2)c2ccccc2n1C. The molecule has 0 radical (unpaired) electrons. The Hall–Kier alpha value is -3.74. The fourth-order valence-corrected chi connectivity index (χ4v) is 3.04. The van der Waals surface area contributed by atoms with Crippen LogP contribution >= 0.6 is 0 Å². The molecule has 0 atom stereocenters. The number of anilines is 1. The lowest BCUT2D eigenvalue weighted by Gasteiger charge is -2.01. The summed E-state index contributed by atoms with van der Waals surface area (Å²) in [7, 11) is 2.02. The van der Waals surface area contributed by atoms with Crippen molar-refractivity contribution in [3.8, 4) is 11.3 Å². The molecule has 0 fully saturated rings. The monoisotopic (exact) mass is 358 g/mol. The first-order valence-corrected chi connectivity index (χ1v) is 8.50. The van der Waals surface area contributed by atoms with E-state index in [-0.39, 0.29) is 17.2 Å². The van der Waals surface area contributed by atoms with E-state index in [2.05, 4.69) is 42.4 Å². The summed E-state index contributed by atoms with van der Waals surface area (Å²) in [6, 6.07) is 17.3. The van der Waals surface area contributed by atoms with E-state index in [9.17, 15) is 4.79 Å². The fourth-order valence-electron chi connectivity index (χ4n) is 3.04. The topological polar surface area (TPSA) is 88.0 Å². The first kappa shape index (κ1) is 16.7. The van der Waals surface area contributed by atoms with Crippen molar-refractivity contribution >= 4 is 23.1 Å². The van der Waals surface area contributed by atoms with Gasteiger partial charge in [0, 0.05) is 34.8 Å². The van der Waals surface area contributed by atoms with Gasteiger partial charge in [0.15, 0.2) is 5.69 Å². The molecule has 0 saturated carbocycles. The summed E-state index contributed by atoms with van der Waals surface area (Å²) in [6.45, 7) is 2.04. The second-order valence-corrected chi connectivity index (χ2v) is 6.16. The van der Waals surface area contributed by atoms with Gasteiger partial charge in [0.05, 0.1) is 6.21 Å². The highest BCUT2D eigenvalue weighted by atomic mass is 16.1. The van der Waals surface area contributed by atoms with Gasteiger partial charge in [-0.1, -0.05) is 48.5 Å². The molecular weight excluding hydrogens is 340 g/mol. The summed E-state index contributed by atoms with van der Waals surface area (Å²) in [5.74, 6) is 0.189. The number of benzene rings is 2. The lowest BCUT2D eigenvalue weighted by atomic mass is 10.1. The van der Waals surface area contributed by atoms with Crippen LogP contribution in [0.1, 0.15) is 11.3 Å². The molecule has 7 nitrogen and oxygen atoms in total. The second-order valence-electron chi connectivity index (χ2n) is 6.16. The van der Waals surface area contributed by atoms with Crippen LogP contribution in [0, 0.1) is 6.92 Å². The predicted molar refractivity (Wildman–Crippen MR) is 107 cm³/mol. The summed E-state index contributed by atoms with van der Waals surface area (Å²) >= 11 is 0. The standard InChI is InChI=1S/C20H18N6O/c1-13-16(15-10-6-7-11-17(15)26(13)2)12-21-24-20-22-19(27)18(23-25-20)14-8-4-3-5-9-14/h3-12H,1-2H3,(H2,22,24,25,27)/b21-12+. The third-order valence-electron chi connectivity index (χ3n) is 4.56. The van der Waals surface area contributed by atoms with Crippen LogP contribution in [0.15, 0.2) is 64.5 Å². The second kappa shape index (κ2) is 6.87. The smallest absolute Gasteiger partial charge is 0.279 e. The highest BCUT2D eigenvalue weighted by Gasteiger charge is 2.10. The maximum Gasteiger partial charge on any atom is 0.279 e. The van der Waals surface area contributed by atoms with Crippen molar-refractivity contribution in [1.82, 2.24) is 19.7 Å². The summed E-state index contributed by atoms with van der Waals surface area (Å²) in [5, 5.41) is 13.3. The van der Waals surface area contributed by atoms with E-state index in [4.69, 9.17) is 0 Å². The van der Waals surface area contributed by atoms with Crippen LogP contribution in [0.5, 0.6) is 0 Å². The number of para-hydroxylation sites is 1. The molecule has 4 rings (SSSR count). The van der Waals surface area contributed by atoms with Crippen LogP contribution in [0.2, 0.25) is 0 Å². The minimum absolute atomic E-state index is 0.189. The Morgan fingerprint density at radius 3 is 2.59 bits per heavy atom. The van der Waals surface area contributed by atoms with Gasteiger partial charge in [0.2, 0.25) is 5.95 Å². The van der Waals surface area contributed by atoms with Crippen molar-refractivity contribution in [2.24, 2.45) is 12.1 Å². The Kier molecular flexibility index (Phi) is 4.25. The Morgan fingerprint density at radius 1 is 1.07 bits per heavy atom. The van der Waals surface area contributed by atoms with Gasteiger partial charge in [-0.2, -0.15) is 5.10 Å². The molecule has 0 unspecified atom stereocenters. The van der Waals surface area contributed by atoms with Gasteiger partial charge >= 0.3 is 0 Å². The molecule has 0 aliphatic rings. The summed E-state index contributed by atoms with van der Waals surface area (Å²) in [6.07, 6.45) is 1.72. The third-order valence-corrected chi connectivity index (χ3v) is 4.56. The zero-order valence-electron chi connectivity index (χ0n) is 15.0. The Labute approximate surface area is 155 Å². The molecule has 0 aliphatic carbocycles. The van der Waals surface area contributed by atoms with Gasteiger partial charge in [-0.05, 0) is 13.0 Å². The average molecular weight is 358 g/mol. The molecule has 0 bridgehead atoms. The van der Waals surface area contributed by atoms with Crippen LogP contribution in [0.4, 0.5) is 5.95 Å². The lowest BCUT2D eigenvalue weighted by molar-refractivity contribution is 0.916. The van der Waals surface area contributed by atoms with Crippen molar-refractivity contribution in [2.75, 3.05) is 5.43 Å². The fraction of sp³-hybridized carbons (Fsp3) is 0.100. The summed E-state index contributed by atoms with van der Waals surface area (Å²) in [5.41, 5.74) is 6.65. The van der Waals surface area contributed by atoms with E-state index in [1.165, 1.54) is 0 Å². The van der Waals surface area contributed by atoms with E-state index < -0.39 is 0 Å². The Balaban J connectivity index is 1.59. The number of hydrogen-bond donors (Lipinski definition) is 2. The normalized spacial score (nSPS) is 11.3. The van der Waals surface area contributed by atoms with Crippen LogP contribution in [0.3, 0.4) is 0 Å². The minimum Gasteiger partial charge on any atom is -0.347 e. The van der Waals surface area contributed by atoms with Crippen molar-refractivity contribution < 1.29 is 0 Å². The Bertz CT molecular complexity index is 1190. The summed E-state index contributed by atoms with van der Waals surface area (Å²) in [4.78, 5) is 14.9. The van der Waals surface area contributed by atoms with E-state index in [0.717, 1.165) is 22.2 Å². The first-order valence-electron chi connectivity index (χ1n) is 8.50. The molecule has 0 amide bonds. The van der Waals surface area contributed by atoms with Gasteiger partial charge in [-0.25, -0.2) is 5.43 Å². The van der Waals surface area contributed by atoms with Crippen molar-refractivity contribution in [3.63, 3.8) is 0 Å². The Morgan fingerprint density at radius 2 is 1.81 bits per heavy atom. The van der Waals surface area contributed by atoms with E-state index in [1.54, 1.807) is 6.21 Å². The van der Waals surface area contributed by atoms with E-state index in [0.29, 0.717) is 5.56 Å². The molecule has 2 aromatic heterocycles. The highest BCUT2D eigenvalue weighted by molar-refractivity contribution is 6.01. The number of rotatable bonds is 4. The zero-order chi connectivity index (χ0) is 18.8. The number of aryl methyl sites for hydroxylation is 1. The van der Waals surface area contributed by atoms with Crippen LogP contribution in [0.25, 0.3) is 22.2 Å². The van der Waals surface area contributed by atoms with Crippen LogP contribution in [-0.2, 0) is 7.05 Å². The van der Waals surface area contributed by atoms with Crippen molar-refractivity contribution in [2.45, 2.75) is 6.92 Å². The molecule has 27 heavy (non-hydrogen) atoms. The maximum absolute atomic E-state index is 12.3. The molecular formula is C20H18N6O. The number of hydrazone groups is 1. The molecule has 2 N–H and O–H groups in total. The molecule has 4 aromatic rings. The number of H-pyrrole nitrogens is 1. The molecule has 2 aromatic carbocycles. The van der Waals surface area contributed by atoms with Crippen LogP contribution < -0.4 is 11.0 Å². The minimum atomic E-state index is -0.324. The highest BCUT2D eigenvalue weighted by Crippen LogP contribution is 2.23. The number of aromatic nitrogens is 4. The van der Waals surface area contributed by atoms with Gasteiger partial charge in [-0.3, -0.25) is 9.78 Å². The quantitative estimate of drug-likeness (QED) is 0.433. The zero-order valence-corrected chi connectivity index (χ0v) is 15.0. The van der Waals surface area contributed by atoms with E-state index >= 15 is 0 Å². The maximum atomic E-state index is 12.3. The molecule has 0 saturated heterocycles. The molecule has 134 valence electrons. The van der Waals surface area contributed by atoms with Crippen molar-refractivity contribution in [3.05, 3.63) is 76.2 Å². The van der Waals surface area contributed by atoms with Crippen LogP contribution in [-0.4, -0.2) is 26.0 Å². The van der Waals surface area contributed by atoms with Gasteiger partial charge in [0.25, 0.3) is 5.56 Å². The molecule has 7 heteroatoms. The third kappa shape index (κ3) is 3.10. The van der Waals surface area contributed by atoms with Crippen molar-refractivity contribution in [1.29, 1.82) is 0 Å². The first-order chi connectivity index (χ1) is 13.1. The van der Waals surface area contributed by atoms with Gasteiger partial charge < -0.3 is 4.57 Å². The predicted octanol–water partition coefficient (Wildman–Crippen LogP) is 3.08. The number of fused-ring (bicyclic) bond motifs is 1. The average Bonchev–Trinajstić information content (AvgIpc) is 2.94. The van der Waals surface area contributed by atoms with Gasteiger partial charge in [0.1, 0.15) is 0 Å². The van der Waals surface area contributed by atoms with Gasteiger partial charge in [-0.15, -0.1) is 10.2 Å².